The third-order valence-corrected chi connectivity index (χ3v) is 3.07. The van der Waals surface area contributed by atoms with Crippen molar-refractivity contribution in [2.75, 3.05) is 7.05 Å². The Morgan fingerprint density at radius 2 is 2.12 bits per heavy atom. The van der Waals surface area contributed by atoms with Gasteiger partial charge in [-0.15, -0.1) is 10.2 Å². The van der Waals surface area contributed by atoms with E-state index in [4.69, 9.17) is 16.0 Å². The van der Waals surface area contributed by atoms with Gasteiger partial charge in [-0.1, -0.05) is 11.6 Å². The smallest absolute Gasteiger partial charge is 0.247 e. The molecule has 1 aromatic heterocycles. The van der Waals surface area contributed by atoms with Crippen LogP contribution >= 0.6 is 11.6 Å². The first-order valence-electron chi connectivity index (χ1n) is 5.39. The van der Waals surface area contributed by atoms with E-state index in [2.05, 4.69) is 15.5 Å². The van der Waals surface area contributed by atoms with E-state index in [9.17, 15) is 0 Å². The summed E-state index contributed by atoms with van der Waals surface area (Å²) in [7, 11) is 1.85. The molecule has 17 heavy (non-hydrogen) atoms. The Balaban J connectivity index is 2.33. The minimum Gasteiger partial charge on any atom is -0.419 e. The normalized spacial score (nSPS) is 12.7. The molecule has 0 bridgehead atoms. The van der Waals surface area contributed by atoms with Crippen molar-refractivity contribution in [2.24, 2.45) is 0 Å². The van der Waals surface area contributed by atoms with Crippen LogP contribution in [0.3, 0.4) is 0 Å². The highest BCUT2D eigenvalue weighted by Crippen LogP contribution is 2.24. The molecular formula is C12H14ClN3O. The molecule has 1 N–H and O–H groups in total. The number of nitrogens with zero attached hydrogens (tertiary/aromatic N) is 2. The van der Waals surface area contributed by atoms with Gasteiger partial charge in [0.15, 0.2) is 0 Å². The molecule has 2 aromatic rings. The topological polar surface area (TPSA) is 51.0 Å². The zero-order valence-corrected chi connectivity index (χ0v) is 10.7. The van der Waals surface area contributed by atoms with E-state index < -0.39 is 0 Å². The highest BCUT2D eigenvalue weighted by Gasteiger charge is 2.13. The van der Waals surface area contributed by atoms with Crippen molar-refractivity contribution >= 4 is 11.6 Å². The molecule has 0 aliphatic carbocycles. The van der Waals surface area contributed by atoms with Crippen LogP contribution in [-0.2, 0) is 0 Å². The number of halogens is 1. The fraction of sp³-hybridized carbons (Fsp3) is 0.333. The average Bonchev–Trinajstić information content (AvgIpc) is 2.81. The molecule has 0 spiro atoms. The fourth-order valence-electron chi connectivity index (χ4n) is 1.43. The van der Waals surface area contributed by atoms with Crippen molar-refractivity contribution in [3.05, 3.63) is 34.7 Å². The van der Waals surface area contributed by atoms with Crippen LogP contribution < -0.4 is 5.32 Å². The Kier molecular flexibility index (Phi) is 3.45. The second kappa shape index (κ2) is 4.85. The summed E-state index contributed by atoms with van der Waals surface area (Å²) < 4.78 is 5.59. The summed E-state index contributed by atoms with van der Waals surface area (Å²) >= 11 is 5.97. The second-order valence-corrected chi connectivity index (χ2v) is 4.33. The third-order valence-electron chi connectivity index (χ3n) is 2.65. The van der Waals surface area contributed by atoms with Crippen LogP contribution in [-0.4, -0.2) is 17.2 Å². The lowest BCUT2D eigenvalue weighted by molar-refractivity contribution is 0.441. The minimum absolute atomic E-state index is 0.0460. The van der Waals surface area contributed by atoms with E-state index in [-0.39, 0.29) is 6.04 Å². The standard InChI is InChI=1S/C12H14ClN3O/c1-7-6-9(4-5-10(7)13)12-16-15-11(17-12)8(2)14-3/h4-6,8,14H,1-3H3. The minimum atomic E-state index is 0.0460. The van der Waals surface area contributed by atoms with Crippen LogP contribution in [0.4, 0.5) is 0 Å². The lowest BCUT2D eigenvalue weighted by Crippen LogP contribution is -2.12. The maximum atomic E-state index is 5.97. The molecule has 0 saturated carbocycles. The molecule has 4 nitrogen and oxygen atoms in total. The lowest BCUT2D eigenvalue weighted by Gasteiger charge is -2.03. The molecule has 0 saturated heterocycles. The van der Waals surface area contributed by atoms with E-state index in [1.165, 1.54) is 0 Å². The molecule has 1 heterocycles. The van der Waals surface area contributed by atoms with Gasteiger partial charge in [-0.25, -0.2) is 0 Å². The molecular weight excluding hydrogens is 238 g/mol. The van der Waals surface area contributed by atoms with Gasteiger partial charge in [-0.3, -0.25) is 0 Å². The molecule has 0 fully saturated rings. The number of aryl methyl sites for hydroxylation is 1. The number of aromatic nitrogens is 2. The second-order valence-electron chi connectivity index (χ2n) is 3.92. The monoisotopic (exact) mass is 251 g/mol. The molecule has 0 radical (unpaired) electrons. The molecule has 1 unspecified atom stereocenters. The van der Waals surface area contributed by atoms with Crippen LogP contribution in [0.1, 0.15) is 24.4 Å². The summed E-state index contributed by atoms with van der Waals surface area (Å²) in [6.45, 7) is 3.91. The van der Waals surface area contributed by atoms with Crippen molar-refractivity contribution in [3.8, 4) is 11.5 Å². The van der Waals surface area contributed by atoms with Gasteiger partial charge in [-0.2, -0.15) is 0 Å². The average molecular weight is 252 g/mol. The van der Waals surface area contributed by atoms with Crippen molar-refractivity contribution in [2.45, 2.75) is 19.9 Å². The maximum absolute atomic E-state index is 5.97. The Labute approximate surface area is 105 Å². The molecule has 2 rings (SSSR count). The van der Waals surface area contributed by atoms with Gasteiger partial charge in [0.25, 0.3) is 0 Å². The summed E-state index contributed by atoms with van der Waals surface area (Å²) in [5.74, 6) is 1.09. The summed E-state index contributed by atoms with van der Waals surface area (Å²) in [6.07, 6.45) is 0. The van der Waals surface area contributed by atoms with Crippen molar-refractivity contribution in [3.63, 3.8) is 0 Å². The Hall–Kier alpha value is -1.39. The number of nitrogens with one attached hydrogen (secondary N) is 1. The molecule has 5 heteroatoms. The largest absolute Gasteiger partial charge is 0.419 e. The molecule has 1 aromatic carbocycles. The van der Waals surface area contributed by atoms with Crippen molar-refractivity contribution in [1.29, 1.82) is 0 Å². The highest BCUT2D eigenvalue weighted by atomic mass is 35.5. The fourth-order valence-corrected chi connectivity index (χ4v) is 1.54. The van der Waals surface area contributed by atoms with Crippen LogP contribution in [0.2, 0.25) is 5.02 Å². The number of hydrogen-bond donors (Lipinski definition) is 1. The first-order chi connectivity index (χ1) is 8.11. The predicted octanol–water partition coefficient (Wildman–Crippen LogP) is 2.98. The maximum Gasteiger partial charge on any atom is 0.247 e. The number of hydrogen-bond acceptors (Lipinski definition) is 4. The Bertz CT molecular complexity index is 524. The highest BCUT2D eigenvalue weighted by molar-refractivity contribution is 6.31. The molecule has 0 amide bonds. The molecule has 0 aliphatic heterocycles. The van der Waals surface area contributed by atoms with Crippen molar-refractivity contribution in [1.82, 2.24) is 15.5 Å². The third kappa shape index (κ3) is 2.48. The van der Waals surface area contributed by atoms with Crippen molar-refractivity contribution < 1.29 is 4.42 Å². The number of benzene rings is 1. The quantitative estimate of drug-likeness (QED) is 0.911. The SMILES string of the molecule is CNC(C)c1nnc(-c2ccc(Cl)c(C)c2)o1. The van der Waals surface area contributed by atoms with Crippen LogP contribution in [0.15, 0.2) is 22.6 Å². The summed E-state index contributed by atoms with van der Waals surface area (Å²) in [5.41, 5.74) is 1.87. The predicted molar refractivity (Wildman–Crippen MR) is 67.0 cm³/mol. The lowest BCUT2D eigenvalue weighted by atomic mass is 10.1. The van der Waals surface area contributed by atoms with Gasteiger partial charge in [0.2, 0.25) is 11.8 Å². The van der Waals surface area contributed by atoms with Gasteiger partial charge in [-0.05, 0) is 44.7 Å². The first kappa shape index (κ1) is 12.1. The van der Waals surface area contributed by atoms with E-state index in [0.717, 1.165) is 16.1 Å². The van der Waals surface area contributed by atoms with E-state index in [0.29, 0.717) is 11.8 Å². The van der Waals surface area contributed by atoms with Gasteiger partial charge in [0, 0.05) is 10.6 Å². The van der Waals surface area contributed by atoms with Gasteiger partial charge in [0.05, 0.1) is 6.04 Å². The van der Waals surface area contributed by atoms with E-state index in [1.54, 1.807) is 0 Å². The summed E-state index contributed by atoms with van der Waals surface area (Å²) in [5, 5.41) is 11.8. The van der Waals surface area contributed by atoms with Crippen LogP contribution in [0, 0.1) is 6.92 Å². The van der Waals surface area contributed by atoms with Crippen LogP contribution in [0.5, 0.6) is 0 Å². The molecule has 1 atom stereocenters. The van der Waals surface area contributed by atoms with Gasteiger partial charge < -0.3 is 9.73 Å². The van der Waals surface area contributed by atoms with Gasteiger partial charge >= 0.3 is 0 Å². The Morgan fingerprint density at radius 1 is 1.35 bits per heavy atom. The molecule has 90 valence electrons. The summed E-state index contributed by atoms with van der Waals surface area (Å²) in [4.78, 5) is 0. The zero-order chi connectivity index (χ0) is 12.4. The van der Waals surface area contributed by atoms with E-state index >= 15 is 0 Å². The van der Waals surface area contributed by atoms with Crippen LogP contribution in [0.25, 0.3) is 11.5 Å². The van der Waals surface area contributed by atoms with Gasteiger partial charge in [0.1, 0.15) is 0 Å². The Morgan fingerprint density at radius 3 is 2.76 bits per heavy atom. The first-order valence-corrected chi connectivity index (χ1v) is 5.77. The molecule has 0 aliphatic rings. The number of rotatable bonds is 3. The van der Waals surface area contributed by atoms with E-state index in [1.807, 2.05) is 39.1 Å². The zero-order valence-electron chi connectivity index (χ0n) is 9.99. The summed E-state index contributed by atoms with van der Waals surface area (Å²) in [6, 6.07) is 5.68.